The van der Waals surface area contributed by atoms with Crippen molar-refractivity contribution in [2.45, 2.75) is 26.9 Å². The van der Waals surface area contributed by atoms with E-state index in [1.165, 1.54) is 4.88 Å². The minimum Gasteiger partial charge on any atom is -0.374 e. The maximum absolute atomic E-state index is 5.54. The maximum atomic E-state index is 5.54. The van der Waals surface area contributed by atoms with E-state index in [-0.39, 0.29) is 0 Å². The molecule has 0 unspecified atom stereocenters. The van der Waals surface area contributed by atoms with Crippen LogP contribution in [0.25, 0.3) is 11.3 Å². The van der Waals surface area contributed by atoms with Gasteiger partial charge in [0.05, 0.1) is 12.3 Å². The lowest BCUT2D eigenvalue weighted by atomic mass is 10.1. The molecule has 18 heavy (non-hydrogen) atoms. The van der Waals surface area contributed by atoms with Crippen LogP contribution < -0.4 is 0 Å². The summed E-state index contributed by atoms with van der Waals surface area (Å²) in [5, 5.41) is 1.05. The summed E-state index contributed by atoms with van der Waals surface area (Å²) in [5.41, 5.74) is 2.22. The molecule has 0 aliphatic carbocycles. The van der Waals surface area contributed by atoms with Gasteiger partial charge in [0.25, 0.3) is 0 Å². The Balaban J connectivity index is 2.18. The molecular weight excluding hydrogens is 310 g/mol. The van der Waals surface area contributed by atoms with Crippen LogP contribution in [-0.4, -0.2) is 11.6 Å². The lowest BCUT2D eigenvalue weighted by Crippen LogP contribution is -1.93. The maximum Gasteiger partial charge on any atom is 0.119 e. The molecule has 0 aliphatic rings. The van der Waals surface area contributed by atoms with E-state index in [1.54, 1.807) is 11.3 Å². The van der Waals surface area contributed by atoms with Crippen LogP contribution in [0.4, 0.5) is 0 Å². The van der Waals surface area contributed by atoms with Crippen LogP contribution in [0.1, 0.15) is 23.2 Å². The van der Waals surface area contributed by atoms with Crippen LogP contribution in [-0.2, 0) is 11.3 Å². The van der Waals surface area contributed by atoms with Gasteiger partial charge in [0.2, 0.25) is 0 Å². The highest BCUT2D eigenvalue weighted by molar-refractivity contribution is 9.10. The number of nitrogens with zero attached hydrogens (tertiary/aromatic N) is 1. The van der Waals surface area contributed by atoms with Gasteiger partial charge in [-0.2, -0.15) is 0 Å². The lowest BCUT2D eigenvalue weighted by molar-refractivity contribution is 0.121. The number of benzene rings is 1. The van der Waals surface area contributed by atoms with E-state index in [0.717, 1.165) is 33.8 Å². The second kappa shape index (κ2) is 6.45. The summed E-state index contributed by atoms with van der Waals surface area (Å²) in [6, 6.07) is 8.24. The Kier molecular flexibility index (Phi) is 4.92. The second-order valence-corrected chi connectivity index (χ2v) is 6.28. The Morgan fingerprint density at radius 3 is 2.94 bits per heavy atom. The monoisotopic (exact) mass is 325 g/mol. The van der Waals surface area contributed by atoms with E-state index in [4.69, 9.17) is 4.74 Å². The van der Waals surface area contributed by atoms with E-state index in [9.17, 15) is 0 Å². The van der Waals surface area contributed by atoms with Crippen LogP contribution >= 0.6 is 27.3 Å². The van der Waals surface area contributed by atoms with E-state index < -0.39 is 0 Å². The number of aromatic nitrogens is 1. The molecule has 96 valence electrons. The van der Waals surface area contributed by atoms with Crippen molar-refractivity contribution in [3.05, 3.63) is 38.6 Å². The number of hydrogen-bond acceptors (Lipinski definition) is 3. The Bertz CT molecular complexity index is 524. The van der Waals surface area contributed by atoms with Crippen molar-refractivity contribution in [2.24, 2.45) is 0 Å². The summed E-state index contributed by atoms with van der Waals surface area (Å²) in [6.07, 6.45) is 1.04. The first kappa shape index (κ1) is 13.7. The Morgan fingerprint density at radius 1 is 1.39 bits per heavy atom. The Morgan fingerprint density at radius 2 is 2.22 bits per heavy atom. The molecular formula is C14H16BrNOS. The standard InChI is InChI=1S/C14H16BrNOS/c1-3-7-17-9-13-16-14(10(2)18-13)11-5-4-6-12(15)8-11/h4-6,8H,3,7,9H2,1-2H3. The second-order valence-electron chi connectivity index (χ2n) is 4.08. The zero-order valence-corrected chi connectivity index (χ0v) is 13.0. The zero-order chi connectivity index (χ0) is 13.0. The highest BCUT2D eigenvalue weighted by Crippen LogP contribution is 2.29. The fourth-order valence-electron chi connectivity index (χ4n) is 1.72. The summed E-state index contributed by atoms with van der Waals surface area (Å²) in [7, 11) is 0. The molecule has 0 fully saturated rings. The molecule has 1 aromatic heterocycles. The summed E-state index contributed by atoms with van der Waals surface area (Å²) in [4.78, 5) is 5.90. The molecule has 2 nitrogen and oxygen atoms in total. The quantitative estimate of drug-likeness (QED) is 0.736. The minimum absolute atomic E-state index is 0.618. The molecule has 0 saturated heterocycles. The average Bonchev–Trinajstić information content (AvgIpc) is 2.71. The van der Waals surface area contributed by atoms with Crippen LogP contribution in [0.2, 0.25) is 0 Å². The van der Waals surface area contributed by atoms with Crippen molar-refractivity contribution in [1.82, 2.24) is 4.98 Å². The van der Waals surface area contributed by atoms with Crippen molar-refractivity contribution in [2.75, 3.05) is 6.61 Å². The number of aryl methyl sites for hydroxylation is 1. The van der Waals surface area contributed by atoms with Crippen LogP contribution in [0.3, 0.4) is 0 Å². The molecule has 2 rings (SSSR count). The van der Waals surface area contributed by atoms with Gasteiger partial charge in [-0.3, -0.25) is 0 Å². The Hall–Kier alpha value is -0.710. The molecule has 0 amide bonds. The van der Waals surface area contributed by atoms with Gasteiger partial charge in [-0.05, 0) is 25.5 Å². The summed E-state index contributed by atoms with van der Waals surface area (Å²) in [6.45, 7) is 5.63. The molecule has 1 aromatic carbocycles. The molecule has 0 saturated carbocycles. The number of hydrogen-bond donors (Lipinski definition) is 0. The molecule has 0 radical (unpaired) electrons. The summed E-state index contributed by atoms with van der Waals surface area (Å²) in [5.74, 6) is 0. The third kappa shape index (κ3) is 3.40. The van der Waals surface area contributed by atoms with E-state index >= 15 is 0 Å². The minimum atomic E-state index is 0.618. The third-order valence-corrected chi connectivity index (χ3v) is 3.95. The van der Waals surface area contributed by atoms with Crippen molar-refractivity contribution in [3.8, 4) is 11.3 Å². The molecule has 1 heterocycles. The van der Waals surface area contributed by atoms with Crippen molar-refractivity contribution in [3.63, 3.8) is 0 Å². The zero-order valence-electron chi connectivity index (χ0n) is 10.6. The van der Waals surface area contributed by atoms with Crippen molar-refractivity contribution < 1.29 is 4.74 Å². The largest absolute Gasteiger partial charge is 0.374 e. The van der Waals surface area contributed by atoms with Gasteiger partial charge >= 0.3 is 0 Å². The third-order valence-electron chi connectivity index (χ3n) is 2.51. The molecule has 0 atom stereocenters. The number of thiazole rings is 1. The highest BCUT2D eigenvalue weighted by atomic mass is 79.9. The number of rotatable bonds is 5. The average molecular weight is 326 g/mol. The molecule has 2 aromatic rings. The first-order valence-corrected chi connectivity index (χ1v) is 7.61. The number of ether oxygens (including phenoxy) is 1. The highest BCUT2D eigenvalue weighted by Gasteiger charge is 2.10. The van der Waals surface area contributed by atoms with Gasteiger partial charge in [0.15, 0.2) is 0 Å². The molecule has 0 N–H and O–H groups in total. The van der Waals surface area contributed by atoms with E-state index in [2.05, 4.69) is 46.9 Å². The molecule has 0 bridgehead atoms. The lowest BCUT2D eigenvalue weighted by Gasteiger charge is -1.99. The molecule has 0 aliphatic heterocycles. The van der Waals surface area contributed by atoms with Gasteiger partial charge < -0.3 is 4.74 Å². The fraction of sp³-hybridized carbons (Fsp3) is 0.357. The van der Waals surface area contributed by atoms with Gasteiger partial charge in [-0.15, -0.1) is 11.3 Å². The van der Waals surface area contributed by atoms with Gasteiger partial charge in [-0.25, -0.2) is 4.98 Å². The molecule has 4 heteroatoms. The predicted octanol–water partition coefficient (Wildman–Crippen LogP) is 4.81. The number of halogens is 1. The summed E-state index contributed by atoms with van der Waals surface area (Å²) >= 11 is 5.21. The van der Waals surface area contributed by atoms with Crippen LogP contribution in [0, 0.1) is 6.92 Å². The predicted molar refractivity (Wildman–Crippen MR) is 79.9 cm³/mol. The van der Waals surface area contributed by atoms with Crippen molar-refractivity contribution in [1.29, 1.82) is 0 Å². The van der Waals surface area contributed by atoms with Gasteiger partial charge in [-0.1, -0.05) is 35.0 Å². The normalized spacial score (nSPS) is 10.8. The topological polar surface area (TPSA) is 22.1 Å². The van der Waals surface area contributed by atoms with Crippen LogP contribution in [0.5, 0.6) is 0 Å². The first-order chi connectivity index (χ1) is 8.70. The van der Waals surface area contributed by atoms with Crippen molar-refractivity contribution >= 4 is 27.3 Å². The summed E-state index contributed by atoms with van der Waals surface area (Å²) < 4.78 is 6.62. The smallest absolute Gasteiger partial charge is 0.119 e. The van der Waals surface area contributed by atoms with Crippen LogP contribution in [0.15, 0.2) is 28.7 Å². The first-order valence-electron chi connectivity index (χ1n) is 6.00. The van der Waals surface area contributed by atoms with E-state index in [1.807, 2.05) is 12.1 Å². The van der Waals surface area contributed by atoms with Gasteiger partial charge in [0.1, 0.15) is 5.01 Å². The van der Waals surface area contributed by atoms with Gasteiger partial charge in [0, 0.05) is 21.5 Å². The Labute approximate surface area is 120 Å². The molecule has 0 spiro atoms. The SMILES string of the molecule is CCCOCc1nc(-c2cccc(Br)c2)c(C)s1. The van der Waals surface area contributed by atoms with E-state index in [0.29, 0.717) is 6.61 Å². The fourth-order valence-corrected chi connectivity index (χ4v) is 3.01.